The summed E-state index contributed by atoms with van der Waals surface area (Å²) in [6.45, 7) is 0. The molecule has 0 aliphatic rings. The highest BCUT2D eigenvalue weighted by Crippen LogP contribution is 2.39. The molecule has 49 heavy (non-hydrogen) atoms. The first-order valence-corrected chi connectivity index (χ1v) is 16.7. The van der Waals surface area contributed by atoms with Crippen molar-refractivity contribution in [1.82, 2.24) is 14.4 Å². The Kier molecular flexibility index (Phi) is 6.18. The summed E-state index contributed by atoms with van der Waals surface area (Å²) in [5, 5.41) is 6.08. The molecule has 0 spiro atoms. The maximum Gasteiger partial charge on any atom is 0.0871 e. The van der Waals surface area contributed by atoms with Crippen LogP contribution in [0.2, 0.25) is 0 Å². The monoisotopic (exact) mass is 623 g/mol. The van der Waals surface area contributed by atoms with Crippen LogP contribution >= 0.6 is 0 Å². The van der Waals surface area contributed by atoms with Crippen molar-refractivity contribution in [2.45, 2.75) is 0 Å². The van der Waals surface area contributed by atoms with Gasteiger partial charge in [0.1, 0.15) is 0 Å². The van der Waals surface area contributed by atoms with Gasteiger partial charge in [0.05, 0.1) is 39.7 Å². The summed E-state index contributed by atoms with van der Waals surface area (Å²) in [6, 6.07) is 60.7. The second-order valence-corrected chi connectivity index (χ2v) is 12.7. The second-order valence-electron chi connectivity index (χ2n) is 12.7. The molecule has 0 aliphatic carbocycles. The molecular weight excluding hydrogens is 595 g/mol. The third-order valence-corrected chi connectivity index (χ3v) is 9.76. The number of hydrogen-bond donors (Lipinski definition) is 0. The van der Waals surface area contributed by atoms with Crippen LogP contribution in [0.3, 0.4) is 0 Å². The Balaban J connectivity index is 1.19. The molecule has 3 aromatic heterocycles. The first-order valence-electron chi connectivity index (χ1n) is 16.7. The lowest BCUT2D eigenvalue weighted by molar-refractivity contribution is 1.27. The first-order chi connectivity index (χ1) is 24.3. The molecule has 3 nitrogen and oxygen atoms in total. The average molecular weight is 624 g/mol. The van der Waals surface area contributed by atoms with E-state index in [2.05, 4.69) is 168 Å². The molecular formula is C46H29N3. The normalized spacial score (nSPS) is 11.7. The van der Waals surface area contributed by atoms with E-state index in [-0.39, 0.29) is 0 Å². The van der Waals surface area contributed by atoms with Crippen molar-refractivity contribution >= 4 is 49.0 Å². The molecule has 10 aromatic rings. The first kappa shape index (κ1) is 27.5. The van der Waals surface area contributed by atoms with Gasteiger partial charge in [0.15, 0.2) is 0 Å². The van der Waals surface area contributed by atoms with Crippen molar-refractivity contribution in [3.05, 3.63) is 176 Å². The van der Waals surface area contributed by atoms with Gasteiger partial charge in [-0.15, -0.1) is 0 Å². The van der Waals surface area contributed by atoms with Gasteiger partial charge in [0.25, 0.3) is 0 Å². The van der Waals surface area contributed by atoms with Crippen molar-refractivity contribution in [2.24, 2.45) is 0 Å². The Bertz CT molecular complexity index is 2800. The molecule has 3 heterocycles. The third-order valence-electron chi connectivity index (χ3n) is 9.76. The minimum Gasteiger partial charge on any atom is -0.306 e. The molecule has 0 amide bonds. The summed E-state index contributed by atoms with van der Waals surface area (Å²) in [6.07, 6.45) is 2.01. The summed E-state index contributed by atoms with van der Waals surface area (Å²) >= 11 is 0. The van der Waals surface area contributed by atoms with E-state index in [4.69, 9.17) is 9.97 Å². The van der Waals surface area contributed by atoms with Crippen molar-refractivity contribution < 1.29 is 0 Å². The molecule has 0 fully saturated rings. The summed E-state index contributed by atoms with van der Waals surface area (Å²) in [7, 11) is 0. The van der Waals surface area contributed by atoms with Crippen molar-refractivity contribution in [3.8, 4) is 44.8 Å². The molecule has 0 saturated heterocycles. The fourth-order valence-corrected chi connectivity index (χ4v) is 7.38. The molecule has 0 radical (unpaired) electrons. The third kappa shape index (κ3) is 4.59. The SMILES string of the molecule is c1cc(-c2cc(-c3ccc4ccccc4c3)cc(-c3ccc4ccccc4c3)n2)cc(-c2c3ccccc3n3c2cnc2ccccc23)c1. The highest BCUT2D eigenvalue weighted by Gasteiger charge is 2.17. The summed E-state index contributed by atoms with van der Waals surface area (Å²) in [5.41, 5.74) is 13.0. The molecule has 228 valence electrons. The largest absolute Gasteiger partial charge is 0.306 e. The van der Waals surface area contributed by atoms with Crippen LogP contribution in [0, 0.1) is 0 Å². The Labute approximate surface area is 283 Å². The zero-order chi connectivity index (χ0) is 32.3. The average Bonchev–Trinajstić information content (AvgIpc) is 3.52. The van der Waals surface area contributed by atoms with E-state index in [1.807, 2.05) is 12.3 Å². The van der Waals surface area contributed by atoms with Gasteiger partial charge in [-0.2, -0.15) is 0 Å². The highest BCUT2D eigenvalue weighted by molar-refractivity contribution is 6.08. The van der Waals surface area contributed by atoms with Gasteiger partial charge < -0.3 is 4.40 Å². The number of pyridine rings is 1. The topological polar surface area (TPSA) is 30.2 Å². The van der Waals surface area contributed by atoms with Crippen LogP contribution in [0.5, 0.6) is 0 Å². The van der Waals surface area contributed by atoms with E-state index < -0.39 is 0 Å². The highest BCUT2D eigenvalue weighted by atomic mass is 14.9. The van der Waals surface area contributed by atoms with E-state index in [0.717, 1.165) is 50.2 Å². The molecule has 0 aliphatic heterocycles. The number of para-hydroxylation sites is 3. The predicted octanol–water partition coefficient (Wildman–Crippen LogP) is 12.0. The Hall–Kier alpha value is -6.58. The van der Waals surface area contributed by atoms with Gasteiger partial charge in [-0.3, -0.25) is 4.98 Å². The Morgan fingerprint density at radius 2 is 0.959 bits per heavy atom. The summed E-state index contributed by atoms with van der Waals surface area (Å²) in [4.78, 5) is 10.2. The van der Waals surface area contributed by atoms with E-state index in [9.17, 15) is 0 Å². The minimum atomic E-state index is 0.937. The van der Waals surface area contributed by atoms with E-state index in [0.29, 0.717) is 0 Å². The lowest BCUT2D eigenvalue weighted by atomic mass is 9.95. The number of rotatable bonds is 4. The van der Waals surface area contributed by atoms with Crippen LogP contribution in [0.1, 0.15) is 0 Å². The van der Waals surface area contributed by atoms with Crippen LogP contribution < -0.4 is 0 Å². The fourth-order valence-electron chi connectivity index (χ4n) is 7.38. The van der Waals surface area contributed by atoms with E-state index in [1.165, 1.54) is 43.6 Å². The molecule has 0 atom stereocenters. The lowest BCUT2D eigenvalue weighted by Crippen LogP contribution is -1.92. The zero-order valence-corrected chi connectivity index (χ0v) is 26.6. The van der Waals surface area contributed by atoms with Gasteiger partial charge in [0.2, 0.25) is 0 Å². The smallest absolute Gasteiger partial charge is 0.0871 e. The maximum absolute atomic E-state index is 5.34. The molecule has 10 rings (SSSR count). The van der Waals surface area contributed by atoms with Gasteiger partial charge in [-0.25, -0.2) is 4.98 Å². The van der Waals surface area contributed by atoms with Gasteiger partial charge in [0, 0.05) is 22.1 Å². The number of hydrogen-bond acceptors (Lipinski definition) is 2. The number of nitrogens with zero attached hydrogens (tertiary/aromatic N) is 3. The number of fused-ring (bicyclic) bond motifs is 7. The van der Waals surface area contributed by atoms with Crippen molar-refractivity contribution in [3.63, 3.8) is 0 Å². The Morgan fingerprint density at radius 3 is 1.73 bits per heavy atom. The van der Waals surface area contributed by atoms with E-state index in [1.54, 1.807) is 0 Å². The van der Waals surface area contributed by atoms with Crippen molar-refractivity contribution in [1.29, 1.82) is 0 Å². The lowest BCUT2D eigenvalue weighted by Gasteiger charge is -2.13. The van der Waals surface area contributed by atoms with Crippen molar-refractivity contribution in [2.75, 3.05) is 0 Å². The van der Waals surface area contributed by atoms with Crippen LogP contribution in [0.15, 0.2) is 176 Å². The number of aromatic nitrogens is 3. The zero-order valence-electron chi connectivity index (χ0n) is 26.6. The Morgan fingerprint density at radius 1 is 0.367 bits per heavy atom. The molecule has 0 N–H and O–H groups in total. The molecule has 0 bridgehead atoms. The molecule has 7 aromatic carbocycles. The number of benzene rings is 7. The van der Waals surface area contributed by atoms with Crippen LogP contribution in [-0.2, 0) is 0 Å². The van der Waals surface area contributed by atoms with Crippen LogP contribution in [0.4, 0.5) is 0 Å². The standard InChI is InChI=1S/C46H29N3/c1-3-12-32-24-34(22-20-30(32)10-1)38-27-41(48-42(28-38)36-23-21-31-11-2-4-13-33(31)25-36)35-14-9-15-37(26-35)46-39-16-5-7-18-43(39)49-44-19-8-6-17-40(44)47-29-45(46)49/h1-29H. The molecule has 3 heteroatoms. The quantitative estimate of drug-likeness (QED) is 0.195. The van der Waals surface area contributed by atoms with Gasteiger partial charge in [-0.05, 0) is 86.8 Å². The van der Waals surface area contributed by atoms with Gasteiger partial charge in [-0.1, -0.05) is 121 Å². The minimum absolute atomic E-state index is 0.937. The second kappa shape index (κ2) is 11.0. The van der Waals surface area contributed by atoms with E-state index >= 15 is 0 Å². The van der Waals surface area contributed by atoms with Gasteiger partial charge >= 0.3 is 0 Å². The predicted molar refractivity (Wildman–Crippen MR) is 205 cm³/mol. The summed E-state index contributed by atoms with van der Waals surface area (Å²) < 4.78 is 2.34. The molecule has 0 saturated carbocycles. The fraction of sp³-hybridized carbons (Fsp3) is 0. The maximum atomic E-state index is 5.34. The van der Waals surface area contributed by atoms with Crippen LogP contribution in [0.25, 0.3) is 93.8 Å². The van der Waals surface area contributed by atoms with Crippen LogP contribution in [-0.4, -0.2) is 14.4 Å². The summed E-state index contributed by atoms with van der Waals surface area (Å²) in [5.74, 6) is 0. The molecule has 0 unspecified atom stereocenters.